The van der Waals surface area contributed by atoms with Crippen LogP contribution in [0.5, 0.6) is 0 Å². The van der Waals surface area contributed by atoms with Crippen molar-refractivity contribution in [3.05, 3.63) is 12.1 Å². The third kappa shape index (κ3) is 2.33. The van der Waals surface area contributed by atoms with Crippen molar-refractivity contribution in [1.82, 2.24) is 4.98 Å². The SMILES string of the molecule is Nc1nc2c(N(CCO)CCO)ccc(N)c2s1. The van der Waals surface area contributed by atoms with Crippen molar-refractivity contribution in [3.63, 3.8) is 0 Å². The van der Waals surface area contributed by atoms with Crippen LogP contribution in [-0.4, -0.2) is 41.5 Å². The van der Waals surface area contributed by atoms with Gasteiger partial charge in [-0.2, -0.15) is 0 Å². The summed E-state index contributed by atoms with van der Waals surface area (Å²) in [7, 11) is 0. The Bertz CT molecular complexity index is 537. The highest BCUT2D eigenvalue weighted by Crippen LogP contribution is 2.35. The molecule has 0 aliphatic heterocycles. The van der Waals surface area contributed by atoms with E-state index >= 15 is 0 Å². The lowest BCUT2D eigenvalue weighted by atomic mass is 10.2. The van der Waals surface area contributed by atoms with Crippen molar-refractivity contribution in [2.45, 2.75) is 0 Å². The number of nitrogens with zero attached hydrogens (tertiary/aromatic N) is 2. The van der Waals surface area contributed by atoms with Gasteiger partial charge in [0.1, 0.15) is 5.52 Å². The van der Waals surface area contributed by atoms with Crippen LogP contribution in [0.25, 0.3) is 10.2 Å². The normalized spacial score (nSPS) is 11.0. The lowest BCUT2D eigenvalue weighted by molar-refractivity contribution is 0.281. The molecule has 0 amide bonds. The van der Waals surface area contributed by atoms with Gasteiger partial charge in [0.15, 0.2) is 5.13 Å². The summed E-state index contributed by atoms with van der Waals surface area (Å²) in [6, 6.07) is 3.62. The van der Waals surface area contributed by atoms with Crippen LogP contribution in [0.3, 0.4) is 0 Å². The van der Waals surface area contributed by atoms with Crippen LogP contribution in [0.2, 0.25) is 0 Å². The standard InChI is InChI=1S/C11H16N4O2S/c12-7-1-2-8(15(3-5-16)4-6-17)9-10(7)18-11(13)14-9/h1-2,16-17H,3-6,12H2,(H2,13,14). The highest BCUT2D eigenvalue weighted by molar-refractivity contribution is 7.22. The number of nitrogens with two attached hydrogens (primary N) is 2. The predicted molar refractivity (Wildman–Crippen MR) is 74.8 cm³/mol. The molecule has 0 unspecified atom stereocenters. The summed E-state index contributed by atoms with van der Waals surface area (Å²) in [5, 5.41) is 18.6. The van der Waals surface area contributed by atoms with Crippen LogP contribution in [0, 0.1) is 0 Å². The van der Waals surface area contributed by atoms with E-state index in [2.05, 4.69) is 4.98 Å². The summed E-state index contributed by atoms with van der Waals surface area (Å²) in [4.78, 5) is 6.13. The van der Waals surface area contributed by atoms with E-state index in [1.807, 2.05) is 11.0 Å². The molecule has 1 aromatic heterocycles. The van der Waals surface area contributed by atoms with Gasteiger partial charge >= 0.3 is 0 Å². The van der Waals surface area contributed by atoms with Crippen molar-refractivity contribution in [1.29, 1.82) is 0 Å². The number of benzene rings is 1. The molecule has 2 aromatic rings. The van der Waals surface area contributed by atoms with Crippen LogP contribution >= 0.6 is 11.3 Å². The molecule has 18 heavy (non-hydrogen) atoms. The molecule has 0 bridgehead atoms. The van der Waals surface area contributed by atoms with Crippen molar-refractivity contribution < 1.29 is 10.2 Å². The maximum absolute atomic E-state index is 9.07. The minimum absolute atomic E-state index is 0.00545. The summed E-state index contributed by atoms with van der Waals surface area (Å²) in [6.45, 7) is 0.866. The summed E-state index contributed by atoms with van der Waals surface area (Å²) in [5.74, 6) is 0. The fourth-order valence-corrected chi connectivity index (χ4v) is 2.66. The summed E-state index contributed by atoms with van der Waals surface area (Å²) < 4.78 is 0.839. The summed E-state index contributed by atoms with van der Waals surface area (Å²) >= 11 is 1.34. The monoisotopic (exact) mass is 268 g/mol. The molecule has 0 spiro atoms. The van der Waals surface area contributed by atoms with E-state index in [9.17, 15) is 0 Å². The number of rotatable bonds is 5. The minimum atomic E-state index is 0.00545. The van der Waals surface area contributed by atoms with Crippen LogP contribution in [-0.2, 0) is 0 Å². The number of aliphatic hydroxyl groups excluding tert-OH is 2. The molecule has 0 radical (unpaired) electrons. The van der Waals surface area contributed by atoms with E-state index in [0.29, 0.717) is 23.9 Å². The Morgan fingerprint density at radius 1 is 1.17 bits per heavy atom. The molecule has 2 rings (SSSR count). The molecule has 6 nitrogen and oxygen atoms in total. The Hall–Kier alpha value is -1.57. The maximum Gasteiger partial charge on any atom is 0.181 e. The largest absolute Gasteiger partial charge is 0.398 e. The van der Waals surface area contributed by atoms with E-state index in [0.717, 1.165) is 15.9 Å². The van der Waals surface area contributed by atoms with Gasteiger partial charge in [-0.25, -0.2) is 4.98 Å². The Kier molecular flexibility index (Phi) is 3.85. The maximum atomic E-state index is 9.07. The first-order chi connectivity index (χ1) is 8.67. The fraction of sp³-hybridized carbons (Fsp3) is 0.364. The lowest BCUT2D eigenvalue weighted by Crippen LogP contribution is -2.29. The third-order valence-corrected chi connectivity index (χ3v) is 3.58. The number of fused-ring (bicyclic) bond motifs is 1. The number of hydrogen-bond donors (Lipinski definition) is 4. The van der Waals surface area contributed by atoms with Gasteiger partial charge in [0, 0.05) is 13.1 Å². The molecule has 0 saturated heterocycles. The topological polar surface area (TPSA) is 109 Å². The molecule has 0 aliphatic rings. The van der Waals surface area contributed by atoms with Gasteiger partial charge in [0.25, 0.3) is 0 Å². The number of aliphatic hydroxyl groups is 2. The van der Waals surface area contributed by atoms with Gasteiger partial charge in [0.2, 0.25) is 0 Å². The first-order valence-electron chi connectivity index (χ1n) is 5.58. The van der Waals surface area contributed by atoms with Gasteiger partial charge < -0.3 is 26.6 Å². The Morgan fingerprint density at radius 3 is 2.44 bits per heavy atom. The van der Waals surface area contributed by atoms with Crippen molar-refractivity contribution in [2.24, 2.45) is 0 Å². The molecule has 0 saturated carbocycles. The second-order valence-corrected chi connectivity index (χ2v) is 4.87. The molecule has 1 heterocycles. The van der Waals surface area contributed by atoms with Crippen molar-refractivity contribution >= 4 is 38.1 Å². The van der Waals surface area contributed by atoms with Crippen molar-refractivity contribution in [3.8, 4) is 0 Å². The van der Waals surface area contributed by atoms with Crippen molar-refractivity contribution in [2.75, 3.05) is 42.7 Å². The Morgan fingerprint density at radius 2 is 1.83 bits per heavy atom. The molecule has 1 aromatic carbocycles. The zero-order valence-electron chi connectivity index (χ0n) is 9.83. The smallest absolute Gasteiger partial charge is 0.181 e. The lowest BCUT2D eigenvalue weighted by Gasteiger charge is -2.23. The van der Waals surface area contributed by atoms with E-state index in [1.54, 1.807) is 6.07 Å². The molecule has 7 heteroatoms. The molecular weight excluding hydrogens is 252 g/mol. The highest BCUT2D eigenvalue weighted by atomic mass is 32.1. The van der Waals surface area contributed by atoms with Crippen LogP contribution < -0.4 is 16.4 Å². The van der Waals surface area contributed by atoms with Gasteiger partial charge in [0.05, 0.1) is 29.3 Å². The minimum Gasteiger partial charge on any atom is -0.398 e. The Labute approximate surface area is 108 Å². The number of nitrogen functional groups attached to an aromatic ring is 2. The number of aromatic nitrogens is 1. The third-order valence-electron chi connectivity index (χ3n) is 2.65. The second-order valence-electron chi connectivity index (χ2n) is 3.84. The van der Waals surface area contributed by atoms with Crippen LogP contribution in [0.4, 0.5) is 16.5 Å². The molecular formula is C11H16N4O2S. The van der Waals surface area contributed by atoms with E-state index in [-0.39, 0.29) is 13.2 Å². The first kappa shape index (κ1) is 12.9. The quantitative estimate of drug-likeness (QED) is 0.579. The van der Waals surface area contributed by atoms with Gasteiger partial charge in [-0.05, 0) is 12.1 Å². The summed E-state index contributed by atoms with van der Waals surface area (Å²) in [5.41, 5.74) is 13.8. The first-order valence-corrected chi connectivity index (χ1v) is 6.40. The number of anilines is 3. The Balaban J connectivity index is 2.51. The fourth-order valence-electron chi connectivity index (χ4n) is 1.88. The highest BCUT2D eigenvalue weighted by Gasteiger charge is 2.14. The van der Waals surface area contributed by atoms with E-state index in [1.165, 1.54) is 11.3 Å². The number of hydrogen-bond acceptors (Lipinski definition) is 7. The van der Waals surface area contributed by atoms with E-state index in [4.69, 9.17) is 21.7 Å². The van der Waals surface area contributed by atoms with Crippen LogP contribution in [0.1, 0.15) is 0 Å². The van der Waals surface area contributed by atoms with Gasteiger partial charge in [-0.1, -0.05) is 11.3 Å². The molecule has 6 N–H and O–H groups in total. The molecule has 0 atom stereocenters. The zero-order chi connectivity index (χ0) is 13.1. The van der Waals surface area contributed by atoms with Crippen LogP contribution in [0.15, 0.2) is 12.1 Å². The molecule has 0 fully saturated rings. The average Bonchev–Trinajstić information content (AvgIpc) is 2.72. The number of thiazole rings is 1. The molecule has 0 aliphatic carbocycles. The van der Waals surface area contributed by atoms with E-state index < -0.39 is 0 Å². The van der Waals surface area contributed by atoms with Gasteiger partial charge in [-0.15, -0.1) is 0 Å². The summed E-state index contributed by atoms with van der Waals surface area (Å²) in [6.07, 6.45) is 0. The zero-order valence-corrected chi connectivity index (χ0v) is 10.7. The average molecular weight is 268 g/mol. The van der Waals surface area contributed by atoms with Gasteiger partial charge in [-0.3, -0.25) is 0 Å². The second kappa shape index (κ2) is 5.38. The molecule has 98 valence electrons. The predicted octanol–water partition coefficient (Wildman–Crippen LogP) is 0.252.